The number of allylic oxidation sites excluding steroid dienone is 5. The van der Waals surface area contributed by atoms with Crippen LogP contribution >= 0.6 is 0 Å². The van der Waals surface area contributed by atoms with Crippen molar-refractivity contribution in [3.05, 3.63) is 76.1 Å². The summed E-state index contributed by atoms with van der Waals surface area (Å²) in [5.41, 5.74) is 5.98. The average molecular weight is 392 g/mol. The van der Waals surface area contributed by atoms with E-state index in [-0.39, 0.29) is 17.2 Å². The molecule has 1 heterocycles. The van der Waals surface area contributed by atoms with Gasteiger partial charge in [0.1, 0.15) is 23.0 Å². The van der Waals surface area contributed by atoms with E-state index < -0.39 is 0 Å². The predicted molar refractivity (Wildman–Crippen MR) is 116 cm³/mol. The molecule has 1 aliphatic heterocycles. The first kappa shape index (κ1) is 20.6. The first-order valence-corrected chi connectivity index (χ1v) is 9.78. The molecule has 3 N–H and O–H groups in total. The summed E-state index contributed by atoms with van der Waals surface area (Å²) in [6.07, 6.45) is 7.16. The van der Waals surface area contributed by atoms with Crippen LogP contribution in [0.1, 0.15) is 49.9 Å². The second-order valence-corrected chi connectivity index (χ2v) is 7.92. The van der Waals surface area contributed by atoms with Crippen molar-refractivity contribution in [2.75, 3.05) is 0 Å². The maximum atomic E-state index is 11.0. The smallest absolute Gasteiger partial charge is 0.140 e. The molecule has 0 saturated heterocycles. The van der Waals surface area contributed by atoms with Gasteiger partial charge in [0.25, 0.3) is 0 Å². The molecule has 0 radical (unpaired) electrons. The highest BCUT2D eigenvalue weighted by Crippen LogP contribution is 2.47. The number of fused-ring (bicyclic) bond motifs is 1. The summed E-state index contributed by atoms with van der Waals surface area (Å²) in [6.45, 7) is 8.01. The Bertz CT molecular complexity index is 1000. The number of ether oxygens (including phenoxy) is 1. The third-order valence-electron chi connectivity index (χ3n) is 5.04. The monoisotopic (exact) mass is 392 g/mol. The highest BCUT2D eigenvalue weighted by molar-refractivity contribution is 5.75. The van der Waals surface area contributed by atoms with E-state index >= 15 is 0 Å². The average Bonchev–Trinajstić information content (AvgIpc) is 2.67. The Kier molecular flexibility index (Phi) is 6.02. The van der Waals surface area contributed by atoms with Gasteiger partial charge in [0.15, 0.2) is 0 Å². The number of hydrogen-bond acceptors (Lipinski definition) is 4. The van der Waals surface area contributed by atoms with Crippen LogP contribution in [-0.2, 0) is 19.3 Å². The van der Waals surface area contributed by atoms with Crippen LogP contribution in [0.25, 0.3) is 5.57 Å². The molecule has 0 aromatic heterocycles. The minimum atomic E-state index is 0.0836. The van der Waals surface area contributed by atoms with Crippen molar-refractivity contribution < 1.29 is 20.1 Å². The number of phenols is 3. The van der Waals surface area contributed by atoms with E-state index in [1.807, 2.05) is 52.0 Å². The summed E-state index contributed by atoms with van der Waals surface area (Å²) in [7, 11) is 0. The SMILES string of the molecule is CC(C)=CCc1c(O)c(CC=C(C)C)c2c(c1O)CC(c1ccc(O)cc1)=CO2. The second-order valence-electron chi connectivity index (χ2n) is 7.92. The van der Waals surface area contributed by atoms with Gasteiger partial charge < -0.3 is 20.1 Å². The van der Waals surface area contributed by atoms with E-state index in [9.17, 15) is 15.3 Å². The van der Waals surface area contributed by atoms with E-state index in [2.05, 4.69) is 0 Å². The standard InChI is InChI=1S/C25H28O4/c1-15(2)5-11-20-23(27)21(12-6-16(3)4)25-22(24(20)28)13-18(14-29-25)17-7-9-19(26)10-8-17/h5-10,14,26-28H,11-13H2,1-4H3. The topological polar surface area (TPSA) is 69.9 Å². The molecule has 0 bridgehead atoms. The zero-order valence-electron chi connectivity index (χ0n) is 17.4. The predicted octanol–water partition coefficient (Wildman–Crippen LogP) is 5.80. The van der Waals surface area contributed by atoms with Crippen LogP contribution in [0.5, 0.6) is 23.0 Å². The molecule has 3 rings (SSSR count). The summed E-state index contributed by atoms with van der Waals surface area (Å²) in [6, 6.07) is 6.90. The molecule has 0 spiro atoms. The maximum Gasteiger partial charge on any atom is 0.140 e. The summed E-state index contributed by atoms with van der Waals surface area (Å²) in [5.74, 6) is 0.909. The molecule has 2 aromatic rings. The third kappa shape index (κ3) is 4.48. The van der Waals surface area contributed by atoms with Crippen LogP contribution in [-0.4, -0.2) is 15.3 Å². The lowest BCUT2D eigenvalue weighted by molar-refractivity contribution is 0.406. The summed E-state index contributed by atoms with van der Waals surface area (Å²) >= 11 is 0. The maximum absolute atomic E-state index is 11.0. The first-order valence-electron chi connectivity index (χ1n) is 9.78. The van der Waals surface area contributed by atoms with Crippen molar-refractivity contribution in [1.29, 1.82) is 0 Å². The summed E-state index contributed by atoms with van der Waals surface area (Å²) in [4.78, 5) is 0. The molecule has 0 unspecified atom stereocenters. The molecule has 0 atom stereocenters. The van der Waals surface area contributed by atoms with Gasteiger partial charge in [-0.1, -0.05) is 35.4 Å². The lowest BCUT2D eigenvalue weighted by atomic mass is 9.89. The van der Waals surface area contributed by atoms with Gasteiger partial charge >= 0.3 is 0 Å². The van der Waals surface area contributed by atoms with Crippen LogP contribution < -0.4 is 4.74 Å². The third-order valence-corrected chi connectivity index (χ3v) is 5.04. The highest BCUT2D eigenvalue weighted by Gasteiger charge is 2.27. The fraction of sp³-hybridized carbons (Fsp3) is 0.280. The van der Waals surface area contributed by atoms with E-state index in [1.165, 1.54) is 0 Å². The number of hydrogen-bond donors (Lipinski definition) is 3. The van der Waals surface area contributed by atoms with E-state index in [0.29, 0.717) is 41.7 Å². The van der Waals surface area contributed by atoms with Crippen LogP contribution in [0.15, 0.2) is 53.8 Å². The zero-order chi connectivity index (χ0) is 21.1. The summed E-state index contributed by atoms with van der Waals surface area (Å²) in [5, 5.41) is 31.4. The second kappa shape index (κ2) is 8.48. The quantitative estimate of drug-likeness (QED) is 0.563. The van der Waals surface area contributed by atoms with Crippen molar-refractivity contribution >= 4 is 5.57 Å². The Morgan fingerprint density at radius 2 is 1.45 bits per heavy atom. The lowest BCUT2D eigenvalue weighted by Gasteiger charge is -2.24. The van der Waals surface area contributed by atoms with Gasteiger partial charge in [-0.3, -0.25) is 0 Å². The minimum Gasteiger partial charge on any atom is -0.508 e. The van der Waals surface area contributed by atoms with Crippen molar-refractivity contribution in [3.8, 4) is 23.0 Å². The van der Waals surface area contributed by atoms with Gasteiger partial charge in [-0.15, -0.1) is 0 Å². The minimum absolute atomic E-state index is 0.0836. The van der Waals surface area contributed by atoms with Gasteiger partial charge in [0, 0.05) is 23.1 Å². The molecular weight excluding hydrogens is 364 g/mol. The molecule has 0 fully saturated rings. The van der Waals surface area contributed by atoms with Gasteiger partial charge in [-0.2, -0.15) is 0 Å². The van der Waals surface area contributed by atoms with Crippen LogP contribution in [0, 0.1) is 0 Å². The van der Waals surface area contributed by atoms with Gasteiger partial charge in [0.05, 0.1) is 6.26 Å². The van der Waals surface area contributed by atoms with Crippen LogP contribution in [0.4, 0.5) is 0 Å². The van der Waals surface area contributed by atoms with Crippen LogP contribution in [0.3, 0.4) is 0 Å². The van der Waals surface area contributed by atoms with E-state index in [0.717, 1.165) is 22.3 Å². The molecule has 2 aromatic carbocycles. The van der Waals surface area contributed by atoms with Gasteiger partial charge in [0.2, 0.25) is 0 Å². The Balaban J connectivity index is 2.10. The highest BCUT2D eigenvalue weighted by atomic mass is 16.5. The molecule has 4 nitrogen and oxygen atoms in total. The van der Waals surface area contributed by atoms with Gasteiger partial charge in [-0.05, 0) is 63.8 Å². The molecule has 1 aliphatic rings. The Hall–Kier alpha value is -3.14. The first-order chi connectivity index (χ1) is 13.8. The van der Waals surface area contributed by atoms with E-state index in [1.54, 1.807) is 18.4 Å². The number of phenolic OH excluding ortho intramolecular Hbond substituents is 3. The molecule has 0 amide bonds. The Morgan fingerprint density at radius 1 is 0.862 bits per heavy atom. The van der Waals surface area contributed by atoms with E-state index in [4.69, 9.17) is 4.74 Å². The molecular formula is C25H28O4. The van der Waals surface area contributed by atoms with Gasteiger partial charge in [-0.25, -0.2) is 0 Å². The fourth-order valence-electron chi connectivity index (χ4n) is 3.38. The molecule has 4 heteroatoms. The lowest BCUT2D eigenvalue weighted by Crippen LogP contribution is -2.08. The molecule has 0 aliphatic carbocycles. The van der Waals surface area contributed by atoms with Crippen molar-refractivity contribution in [2.24, 2.45) is 0 Å². The summed E-state index contributed by atoms with van der Waals surface area (Å²) < 4.78 is 5.94. The number of aromatic hydroxyl groups is 3. The van der Waals surface area contributed by atoms with Crippen LogP contribution in [0.2, 0.25) is 0 Å². The van der Waals surface area contributed by atoms with Crippen molar-refractivity contribution in [1.82, 2.24) is 0 Å². The molecule has 0 saturated carbocycles. The largest absolute Gasteiger partial charge is 0.508 e. The Labute approximate surface area is 172 Å². The molecule has 152 valence electrons. The normalized spacial score (nSPS) is 12.5. The zero-order valence-corrected chi connectivity index (χ0v) is 17.4. The number of benzene rings is 2. The van der Waals surface area contributed by atoms with Crippen molar-refractivity contribution in [2.45, 2.75) is 47.0 Å². The fourth-order valence-corrected chi connectivity index (χ4v) is 3.38. The number of rotatable bonds is 5. The molecule has 29 heavy (non-hydrogen) atoms. The Morgan fingerprint density at radius 3 is 2.03 bits per heavy atom. The van der Waals surface area contributed by atoms with Crippen molar-refractivity contribution in [3.63, 3.8) is 0 Å².